The molecular formula is C10H14N2O2. The Morgan fingerprint density at radius 2 is 1.71 bits per heavy atom. The standard InChI is InChI=1S/C10H14N2O2/c1-5-10(6-11,7-12)8(13)14-9(2,3)4/h5H2,1-4H3. The van der Waals surface area contributed by atoms with E-state index >= 15 is 0 Å². The zero-order valence-corrected chi connectivity index (χ0v) is 8.92. The first-order valence-electron chi connectivity index (χ1n) is 4.37. The van der Waals surface area contributed by atoms with Crippen LogP contribution in [0.4, 0.5) is 0 Å². The van der Waals surface area contributed by atoms with Gasteiger partial charge >= 0.3 is 5.97 Å². The molecule has 0 rings (SSSR count). The van der Waals surface area contributed by atoms with E-state index in [1.807, 2.05) is 0 Å². The first-order chi connectivity index (χ1) is 6.31. The molecular weight excluding hydrogens is 180 g/mol. The third-order valence-corrected chi connectivity index (χ3v) is 1.66. The lowest BCUT2D eigenvalue weighted by atomic mass is 9.89. The summed E-state index contributed by atoms with van der Waals surface area (Å²) in [7, 11) is 0. The van der Waals surface area contributed by atoms with Gasteiger partial charge in [0, 0.05) is 0 Å². The fraction of sp³-hybridized carbons (Fsp3) is 0.700. The van der Waals surface area contributed by atoms with Crippen molar-refractivity contribution < 1.29 is 9.53 Å². The van der Waals surface area contributed by atoms with Crippen LogP contribution in [-0.2, 0) is 9.53 Å². The third kappa shape index (κ3) is 2.74. The number of ether oxygens (including phenoxy) is 1. The van der Waals surface area contributed by atoms with E-state index in [-0.39, 0.29) is 6.42 Å². The fourth-order valence-corrected chi connectivity index (χ4v) is 0.784. The van der Waals surface area contributed by atoms with Gasteiger partial charge in [-0.25, -0.2) is 4.79 Å². The Morgan fingerprint density at radius 3 is 1.93 bits per heavy atom. The van der Waals surface area contributed by atoms with Crippen LogP contribution >= 0.6 is 0 Å². The highest BCUT2D eigenvalue weighted by Gasteiger charge is 2.41. The Kier molecular flexibility index (Phi) is 3.65. The van der Waals surface area contributed by atoms with Crippen LogP contribution in [-0.4, -0.2) is 11.6 Å². The molecule has 0 radical (unpaired) electrons. The van der Waals surface area contributed by atoms with Crippen LogP contribution in [0.3, 0.4) is 0 Å². The summed E-state index contributed by atoms with van der Waals surface area (Å²) in [6, 6.07) is 3.40. The molecule has 0 amide bonds. The second-order valence-corrected chi connectivity index (χ2v) is 3.98. The van der Waals surface area contributed by atoms with E-state index < -0.39 is 17.0 Å². The second kappa shape index (κ2) is 4.11. The Labute approximate surface area is 84.1 Å². The van der Waals surface area contributed by atoms with Crippen molar-refractivity contribution in [2.24, 2.45) is 5.41 Å². The maximum absolute atomic E-state index is 11.5. The van der Waals surface area contributed by atoms with Gasteiger partial charge in [-0.3, -0.25) is 0 Å². The molecule has 0 aromatic carbocycles. The van der Waals surface area contributed by atoms with Crippen LogP contribution < -0.4 is 0 Å². The number of nitriles is 2. The highest BCUT2D eigenvalue weighted by atomic mass is 16.6. The molecule has 0 aliphatic carbocycles. The van der Waals surface area contributed by atoms with Gasteiger partial charge < -0.3 is 4.74 Å². The molecule has 0 N–H and O–H groups in total. The number of nitrogens with zero attached hydrogens (tertiary/aromatic N) is 2. The van der Waals surface area contributed by atoms with Gasteiger partial charge in [-0.2, -0.15) is 10.5 Å². The van der Waals surface area contributed by atoms with Crippen LogP contribution in [0.5, 0.6) is 0 Å². The van der Waals surface area contributed by atoms with Crippen molar-refractivity contribution in [3.05, 3.63) is 0 Å². The van der Waals surface area contributed by atoms with E-state index in [1.165, 1.54) is 0 Å². The van der Waals surface area contributed by atoms with E-state index in [1.54, 1.807) is 39.8 Å². The number of esters is 1. The highest BCUT2D eigenvalue weighted by Crippen LogP contribution is 2.24. The lowest BCUT2D eigenvalue weighted by molar-refractivity contribution is -0.161. The zero-order chi connectivity index (χ0) is 11.4. The summed E-state index contributed by atoms with van der Waals surface area (Å²) < 4.78 is 4.99. The van der Waals surface area contributed by atoms with Crippen LogP contribution in [0.15, 0.2) is 0 Å². The molecule has 0 aromatic rings. The van der Waals surface area contributed by atoms with Crippen molar-refractivity contribution in [3.63, 3.8) is 0 Å². The minimum atomic E-state index is -1.66. The Bertz CT molecular complexity index is 288. The van der Waals surface area contributed by atoms with Gasteiger partial charge in [0.2, 0.25) is 5.41 Å². The molecule has 4 heteroatoms. The minimum Gasteiger partial charge on any atom is -0.458 e. The highest BCUT2D eigenvalue weighted by molar-refractivity contribution is 5.83. The summed E-state index contributed by atoms with van der Waals surface area (Å²) in [4.78, 5) is 11.5. The molecule has 0 atom stereocenters. The number of carbonyl (C=O) groups excluding carboxylic acids is 1. The van der Waals surface area contributed by atoms with Crippen molar-refractivity contribution >= 4 is 5.97 Å². The van der Waals surface area contributed by atoms with Gasteiger partial charge in [0.1, 0.15) is 5.60 Å². The van der Waals surface area contributed by atoms with Crippen LogP contribution in [0.2, 0.25) is 0 Å². The molecule has 76 valence electrons. The molecule has 4 nitrogen and oxygen atoms in total. The normalized spacial score (nSPS) is 11.3. The topological polar surface area (TPSA) is 73.9 Å². The number of hydrogen-bond acceptors (Lipinski definition) is 4. The molecule has 0 unspecified atom stereocenters. The summed E-state index contributed by atoms with van der Waals surface area (Å²) in [6.07, 6.45) is 0.134. The SMILES string of the molecule is CCC(C#N)(C#N)C(=O)OC(C)(C)C. The van der Waals surface area contributed by atoms with Crippen LogP contribution in [0.25, 0.3) is 0 Å². The molecule has 0 aliphatic heterocycles. The predicted octanol–water partition coefficient (Wildman–Crippen LogP) is 1.77. The largest absolute Gasteiger partial charge is 0.458 e. The first kappa shape index (κ1) is 12.4. The Morgan fingerprint density at radius 1 is 1.29 bits per heavy atom. The molecule has 0 fully saturated rings. The number of rotatable bonds is 2. The monoisotopic (exact) mass is 194 g/mol. The van der Waals surface area contributed by atoms with E-state index in [4.69, 9.17) is 15.3 Å². The lowest BCUT2D eigenvalue weighted by Crippen LogP contribution is -2.35. The molecule has 0 saturated heterocycles. The minimum absolute atomic E-state index is 0.134. The van der Waals surface area contributed by atoms with E-state index in [9.17, 15) is 4.79 Å². The quantitative estimate of drug-likeness (QED) is 0.628. The summed E-state index contributed by atoms with van der Waals surface area (Å²) in [5.41, 5.74) is -2.33. The molecule has 0 heterocycles. The van der Waals surface area contributed by atoms with Gasteiger partial charge in [-0.1, -0.05) is 6.92 Å². The average Bonchev–Trinajstić information content (AvgIpc) is 2.05. The summed E-state index contributed by atoms with van der Waals surface area (Å²) in [5, 5.41) is 17.5. The van der Waals surface area contributed by atoms with Gasteiger partial charge in [-0.05, 0) is 27.2 Å². The number of hydrogen-bond donors (Lipinski definition) is 0. The summed E-state index contributed by atoms with van der Waals surface area (Å²) in [6.45, 7) is 6.69. The van der Waals surface area contributed by atoms with Gasteiger partial charge in [0.05, 0.1) is 12.1 Å². The van der Waals surface area contributed by atoms with Crippen molar-refractivity contribution in [2.45, 2.75) is 39.7 Å². The van der Waals surface area contributed by atoms with Crippen LogP contribution in [0.1, 0.15) is 34.1 Å². The Balaban J connectivity index is 4.85. The summed E-state index contributed by atoms with van der Waals surface area (Å²) >= 11 is 0. The third-order valence-electron chi connectivity index (χ3n) is 1.66. The Hall–Kier alpha value is -1.55. The predicted molar refractivity (Wildman–Crippen MR) is 49.8 cm³/mol. The maximum Gasteiger partial charge on any atom is 0.341 e. The van der Waals surface area contributed by atoms with E-state index in [2.05, 4.69) is 0 Å². The fourth-order valence-electron chi connectivity index (χ4n) is 0.784. The van der Waals surface area contributed by atoms with E-state index in [0.29, 0.717) is 0 Å². The van der Waals surface area contributed by atoms with Gasteiger partial charge in [0.15, 0.2) is 0 Å². The summed E-state index contributed by atoms with van der Waals surface area (Å²) in [5.74, 6) is -0.766. The van der Waals surface area contributed by atoms with Crippen molar-refractivity contribution in [1.29, 1.82) is 10.5 Å². The molecule has 0 spiro atoms. The molecule has 0 aromatic heterocycles. The lowest BCUT2D eigenvalue weighted by Gasteiger charge is -2.24. The average molecular weight is 194 g/mol. The molecule has 0 bridgehead atoms. The molecule has 0 aliphatic rings. The van der Waals surface area contributed by atoms with Crippen molar-refractivity contribution in [3.8, 4) is 12.1 Å². The number of carbonyl (C=O) groups is 1. The molecule has 14 heavy (non-hydrogen) atoms. The van der Waals surface area contributed by atoms with Gasteiger partial charge in [0.25, 0.3) is 0 Å². The smallest absolute Gasteiger partial charge is 0.341 e. The van der Waals surface area contributed by atoms with Crippen LogP contribution in [0, 0.1) is 28.1 Å². The van der Waals surface area contributed by atoms with E-state index in [0.717, 1.165) is 0 Å². The van der Waals surface area contributed by atoms with Crippen molar-refractivity contribution in [2.75, 3.05) is 0 Å². The second-order valence-electron chi connectivity index (χ2n) is 3.98. The zero-order valence-electron chi connectivity index (χ0n) is 8.92. The van der Waals surface area contributed by atoms with Crippen molar-refractivity contribution in [1.82, 2.24) is 0 Å². The first-order valence-corrected chi connectivity index (χ1v) is 4.37. The van der Waals surface area contributed by atoms with Gasteiger partial charge in [-0.15, -0.1) is 0 Å². The molecule has 0 saturated carbocycles. The maximum atomic E-state index is 11.5.